The first-order valence-corrected chi connectivity index (χ1v) is 9.61. The zero-order chi connectivity index (χ0) is 20.1. The third-order valence-corrected chi connectivity index (χ3v) is 5.01. The van der Waals surface area contributed by atoms with E-state index in [4.69, 9.17) is 4.74 Å². The van der Waals surface area contributed by atoms with Gasteiger partial charge in [-0.1, -0.05) is 13.3 Å². The fourth-order valence-electron chi connectivity index (χ4n) is 3.40. The van der Waals surface area contributed by atoms with Gasteiger partial charge in [-0.2, -0.15) is 0 Å². The largest absolute Gasteiger partial charge is 0.424 e. The van der Waals surface area contributed by atoms with Crippen LogP contribution in [0.25, 0.3) is 0 Å². The maximum Gasteiger partial charge on any atom is 0.321 e. The molecule has 28 heavy (non-hydrogen) atoms. The number of hydrogen-bond acceptors (Lipinski definition) is 5. The smallest absolute Gasteiger partial charge is 0.321 e. The molecule has 1 aromatic heterocycles. The van der Waals surface area contributed by atoms with Gasteiger partial charge in [0, 0.05) is 30.7 Å². The topological polar surface area (TPSA) is 84.4 Å². The van der Waals surface area contributed by atoms with Gasteiger partial charge in [0.2, 0.25) is 0 Å². The van der Waals surface area contributed by atoms with Gasteiger partial charge in [0.25, 0.3) is 0 Å². The van der Waals surface area contributed by atoms with E-state index in [2.05, 4.69) is 22.2 Å². The molecule has 1 fully saturated rings. The summed E-state index contributed by atoms with van der Waals surface area (Å²) in [6, 6.07) is 7.23. The highest BCUT2D eigenvalue weighted by Crippen LogP contribution is 2.25. The number of rotatable bonds is 3. The molecule has 0 radical (unpaired) electrons. The molecular formula is C21H26N4O3. The molecule has 0 aliphatic carbocycles. The zero-order valence-electron chi connectivity index (χ0n) is 16.5. The van der Waals surface area contributed by atoms with Crippen LogP contribution in [-0.4, -0.2) is 39.3 Å². The Hall–Kier alpha value is -2.96. The highest BCUT2D eigenvalue weighted by atomic mass is 16.5. The first kappa shape index (κ1) is 19.8. The molecule has 2 aromatic rings. The quantitative estimate of drug-likeness (QED) is 0.821. The van der Waals surface area contributed by atoms with E-state index in [0.717, 1.165) is 24.8 Å². The van der Waals surface area contributed by atoms with Gasteiger partial charge in [0.05, 0.1) is 0 Å². The van der Waals surface area contributed by atoms with Crippen molar-refractivity contribution in [2.45, 2.75) is 46.1 Å². The number of nitrogens with zero attached hydrogens (tertiary/aromatic N) is 3. The van der Waals surface area contributed by atoms with Gasteiger partial charge in [-0.3, -0.25) is 9.59 Å². The number of hydrogen-bond donors (Lipinski definition) is 1. The highest BCUT2D eigenvalue weighted by molar-refractivity contribution is 6.39. The molecule has 2 heterocycles. The summed E-state index contributed by atoms with van der Waals surface area (Å²) in [5.41, 5.74) is 1.36. The first-order valence-electron chi connectivity index (χ1n) is 9.61. The Morgan fingerprint density at radius 3 is 2.64 bits per heavy atom. The number of aromatic nitrogens is 2. The number of aryl methyl sites for hydroxylation is 1. The Morgan fingerprint density at radius 2 is 1.93 bits per heavy atom. The molecule has 0 spiro atoms. The van der Waals surface area contributed by atoms with Crippen molar-refractivity contribution in [2.24, 2.45) is 5.92 Å². The minimum Gasteiger partial charge on any atom is -0.424 e. The Kier molecular flexibility index (Phi) is 6.23. The zero-order valence-corrected chi connectivity index (χ0v) is 16.5. The molecule has 2 atom stereocenters. The van der Waals surface area contributed by atoms with Crippen LogP contribution in [0, 0.1) is 12.8 Å². The summed E-state index contributed by atoms with van der Waals surface area (Å²) >= 11 is 0. The Labute approximate surface area is 165 Å². The number of carbonyl (C=O) groups excluding carboxylic acids is 2. The molecule has 2 amide bonds. The van der Waals surface area contributed by atoms with Gasteiger partial charge in [-0.15, -0.1) is 0 Å². The lowest BCUT2D eigenvalue weighted by atomic mass is 10.1. The maximum atomic E-state index is 12.7. The molecule has 0 saturated carbocycles. The molecule has 1 aliphatic rings. The van der Waals surface area contributed by atoms with Crippen molar-refractivity contribution in [2.75, 3.05) is 11.9 Å². The number of anilines is 1. The monoisotopic (exact) mass is 382 g/mol. The SMILES string of the molecule is Cc1cc(Oc2ncccn2)ccc1NC(=O)C(=O)N1C[C@@H](C)CCC[C@@H]1C. The van der Waals surface area contributed by atoms with Gasteiger partial charge in [0.15, 0.2) is 0 Å². The average molecular weight is 382 g/mol. The number of carbonyl (C=O) groups is 2. The van der Waals surface area contributed by atoms with Crippen LogP contribution in [0.2, 0.25) is 0 Å². The van der Waals surface area contributed by atoms with E-state index in [0.29, 0.717) is 23.9 Å². The Bertz CT molecular complexity index is 841. The van der Waals surface area contributed by atoms with Gasteiger partial charge >= 0.3 is 17.8 Å². The van der Waals surface area contributed by atoms with Crippen molar-refractivity contribution in [3.8, 4) is 11.8 Å². The molecule has 7 heteroatoms. The van der Waals surface area contributed by atoms with Crippen molar-refractivity contribution in [1.29, 1.82) is 0 Å². The van der Waals surface area contributed by atoms with E-state index in [1.807, 2.05) is 13.8 Å². The number of amides is 2. The number of benzene rings is 1. The maximum absolute atomic E-state index is 12.7. The van der Waals surface area contributed by atoms with E-state index in [1.54, 1.807) is 41.6 Å². The summed E-state index contributed by atoms with van der Waals surface area (Å²) in [7, 11) is 0. The first-order chi connectivity index (χ1) is 13.4. The Balaban J connectivity index is 1.67. The minimum absolute atomic E-state index is 0.0749. The molecule has 1 N–H and O–H groups in total. The third kappa shape index (κ3) is 4.85. The normalized spacial score (nSPS) is 19.6. The van der Waals surface area contributed by atoms with E-state index in [9.17, 15) is 9.59 Å². The second kappa shape index (κ2) is 8.82. The predicted octanol–water partition coefficient (Wildman–Crippen LogP) is 3.55. The van der Waals surface area contributed by atoms with E-state index in [1.165, 1.54) is 0 Å². The molecule has 3 rings (SSSR count). The van der Waals surface area contributed by atoms with Gasteiger partial charge in [-0.05, 0) is 62.4 Å². The lowest BCUT2D eigenvalue weighted by Crippen LogP contribution is -2.45. The van der Waals surface area contributed by atoms with Crippen LogP contribution in [0.4, 0.5) is 5.69 Å². The fourth-order valence-corrected chi connectivity index (χ4v) is 3.40. The summed E-state index contributed by atoms with van der Waals surface area (Å²) < 4.78 is 5.59. The summed E-state index contributed by atoms with van der Waals surface area (Å²) in [6.45, 7) is 6.59. The molecule has 7 nitrogen and oxygen atoms in total. The number of likely N-dealkylation sites (tertiary alicyclic amines) is 1. The lowest BCUT2D eigenvalue weighted by Gasteiger charge is -2.28. The highest BCUT2D eigenvalue weighted by Gasteiger charge is 2.29. The number of nitrogens with one attached hydrogen (secondary N) is 1. The van der Waals surface area contributed by atoms with Crippen molar-refractivity contribution in [3.63, 3.8) is 0 Å². The van der Waals surface area contributed by atoms with Crippen LogP contribution in [0.1, 0.15) is 38.7 Å². The molecule has 1 aliphatic heterocycles. The lowest BCUT2D eigenvalue weighted by molar-refractivity contribution is -0.144. The summed E-state index contributed by atoms with van der Waals surface area (Å²) in [4.78, 5) is 35.0. The fraction of sp³-hybridized carbons (Fsp3) is 0.429. The predicted molar refractivity (Wildman–Crippen MR) is 106 cm³/mol. The second-order valence-electron chi connectivity index (χ2n) is 7.41. The van der Waals surface area contributed by atoms with Gasteiger partial charge in [0.1, 0.15) is 5.75 Å². The van der Waals surface area contributed by atoms with E-state index in [-0.39, 0.29) is 12.1 Å². The van der Waals surface area contributed by atoms with Crippen molar-refractivity contribution >= 4 is 17.5 Å². The molecule has 1 aromatic carbocycles. The summed E-state index contributed by atoms with van der Waals surface area (Å²) in [6.07, 6.45) is 6.29. The molecule has 1 saturated heterocycles. The van der Waals surface area contributed by atoms with Crippen LogP contribution in [-0.2, 0) is 9.59 Å². The van der Waals surface area contributed by atoms with Crippen LogP contribution < -0.4 is 10.1 Å². The summed E-state index contributed by atoms with van der Waals surface area (Å²) in [5, 5.41) is 2.74. The Morgan fingerprint density at radius 1 is 1.18 bits per heavy atom. The van der Waals surface area contributed by atoms with Gasteiger partial charge < -0.3 is 15.0 Å². The van der Waals surface area contributed by atoms with Crippen LogP contribution in [0.15, 0.2) is 36.7 Å². The molecular weight excluding hydrogens is 356 g/mol. The van der Waals surface area contributed by atoms with E-state index >= 15 is 0 Å². The minimum atomic E-state index is -0.607. The van der Waals surface area contributed by atoms with E-state index < -0.39 is 11.8 Å². The third-order valence-electron chi connectivity index (χ3n) is 5.01. The molecule has 0 bridgehead atoms. The van der Waals surface area contributed by atoms with Crippen LogP contribution in [0.5, 0.6) is 11.8 Å². The average Bonchev–Trinajstić information content (AvgIpc) is 2.84. The van der Waals surface area contributed by atoms with Crippen molar-refractivity contribution < 1.29 is 14.3 Å². The van der Waals surface area contributed by atoms with Crippen molar-refractivity contribution in [1.82, 2.24) is 14.9 Å². The number of ether oxygens (including phenoxy) is 1. The van der Waals surface area contributed by atoms with Crippen molar-refractivity contribution in [3.05, 3.63) is 42.2 Å². The molecule has 148 valence electrons. The summed E-state index contributed by atoms with van der Waals surface area (Å²) in [5.74, 6) is -0.120. The van der Waals surface area contributed by atoms with Crippen LogP contribution >= 0.6 is 0 Å². The standard InChI is InChI=1S/C21H26N4O3/c1-14-6-4-7-16(3)25(13-14)20(27)19(26)24-18-9-8-17(12-15(18)2)28-21-22-10-5-11-23-21/h5,8-12,14,16H,4,6-7,13H2,1-3H3,(H,24,26)/t14-,16-/m0/s1. The molecule has 0 unspecified atom stereocenters. The second-order valence-corrected chi connectivity index (χ2v) is 7.41. The van der Waals surface area contributed by atoms with Crippen LogP contribution in [0.3, 0.4) is 0 Å². The van der Waals surface area contributed by atoms with Gasteiger partial charge in [-0.25, -0.2) is 9.97 Å².